The van der Waals surface area contributed by atoms with Crippen LogP contribution in [-0.4, -0.2) is 32.5 Å². The van der Waals surface area contributed by atoms with Gasteiger partial charge in [-0.1, -0.05) is 24.3 Å². The SMILES string of the molecule is O=C(c1ccc(-c2ncn[nH]2)cc1)N1CCCC[C@H]1c1ccc(F)cc1. The standard InChI is InChI=1S/C20H19FN4O/c21-17-10-8-14(9-11-17)18-3-1-2-12-25(18)20(26)16-6-4-15(5-7-16)19-22-13-23-24-19/h4-11,13,18H,1-3,12H2,(H,22,23,24)/t18-/m0/s1. The topological polar surface area (TPSA) is 61.9 Å². The van der Waals surface area contributed by atoms with E-state index < -0.39 is 0 Å². The van der Waals surface area contributed by atoms with Gasteiger partial charge in [0.25, 0.3) is 5.91 Å². The minimum absolute atomic E-state index is 0.00291. The first-order chi connectivity index (χ1) is 12.7. The van der Waals surface area contributed by atoms with E-state index in [1.165, 1.54) is 18.5 Å². The van der Waals surface area contributed by atoms with E-state index in [1.54, 1.807) is 12.1 Å². The molecule has 2 heterocycles. The highest BCUT2D eigenvalue weighted by Crippen LogP contribution is 2.32. The van der Waals surface area contributed by atoms with Gasteiger partial charge >= 0.3 is 0 Å². The van der Waals surface area contributed by atoms with E-state index in [4.69, 9.17) is 0 Å². The van der Waals surface area contributed by atoms with Gasteiger partial charge < -0.3 is 4.90 Å². The Labute approximate surface area is 150 Å². The van der Waals surface area contributed by atoms with Crippen LogP contribution in [0.2, 0.25) is 0 Å². The number of aromatic nitrogens is 3. The van der Waals surface area contributed by atoms with E-state index in [0.29, 0.717) is 17.9 Å². The van der Waals surface area contributed by atoms with E-state index in [9.17, 15) is 9.18 Å². The van der Waals surface area contributed by atoms with Crippen molar-refractivity contribution in [3.8, 4) is 11.4 Å². The Balaban J connectivity index is 1.58. The van der Waals surface area contributed by atoms with Crippen molar-refractivity contribution in [3.63, 3.8) is 0 Å². The number of aromatic amines is 1. The molecular weight excluding hydrogens is 331 g/mol. The third-order valence-corrected chi connectivity index (χ3v) is 4.84. The largest absolute Gasteiger partial charge is 0.332 e. The van der Waals surface area contributed by atoms with Crippen LogP contribution >= 0.6 is 0 Å². The zero-order chi connectivity index (χ0) is 17.9. The van der Waals surface area contributed by atoms with E-state index in [1.807, 2.05) is 29.2 Å². The van der Waals surface area contributed by atoms with Crippen LogP contribution in [0.15, 0.2) is 54.9 Å². The number of hydrogen-bond acceptors (Lipinski definition) is 3. The van der Waals surface area contributed by atoms with Crippen molar-refractivity contribution < 1.29 is 9.18 Å². The molecule has 1 fully saturated rings. The first kappa shape index (κ1) is 16.4. The van der Waals surface area contributed by atoms with Gasteiger partial charge in [-0.2, -0.15) is 5.10 Å². The van der Waals surface area contributed by atoms with E-state index >= 15 is 0 Å². The lowest BCUT2D eigenvalue weighted by atomic mass is 9.94. The summed E-state index contributed by atoms with van der Waals surface area (Å²) in [7, 11) is 0. The molecule has 1 aromatic heterocycles. The maximum atomic E-state index is 13.2. The summed E-state index contributed by atoms with van der Waals surface area (Å²) in [4.78, 5) is 19.1. The monoisotopic (exact) mass is 350 g/mol. The molecule has 132 valence electrons. The third kappa shape index (κ3) is 3.22. The molecule has 1 aliphatic rings. The number of piperidine rings is 1. The molecule has 0 aliphatic carbocycles. The number of carbonyl (C=O) groups is 1. The molecule has 1 saturated heterocycles. The molecule has 1 N–H and O–H groups in total. The highest BCUT2D eigenvalue weighted by molar-refractivity contribution is 5.95. The summed E-state index contributed by atoms with van der Waals surface area (Å²) < 4.78 is 13.2. The normalized spacial score (nSPS) is 17.3. The Morgan fingerprint density at radius 1 is 1.08 bits per heavy atom. The molecular formula is C20H19FN4O. The molecule has 4 rings (SSSR count). The highest BCUT2D eigenvalue weighted by atomic mass is 19.1. The molecule has 0 spiro atoms. The maximum Gasteiger partial charge on any atom is 0.254 e. The molecule has 5 nitrogen and oxygen atoms in total. The summed E-state index contributed by atoms with van der Waals surface area (Å²) >= 11 is 0. The van der Waals surface area contributed by atoms with Gasteiger partial charge in [0.15, 0.2) is 5.82 Å². The summed E-state index contributed by atoms with van der Waals surface area (Å²) in [6.07, 6.45) is 4.40. The van der Waals surface area contributed by atoms with Gasteiger partial charge in [0.1, 0.15) is 12.1 Å². The van der Waals surface area contributed by atoms with Crippen LogP contribution < -0.4 is 0 Å². The minimum Gasteiger partial charge on any atom is -0.332 e. The number of rotatable bonds is 3. The van der Waals surface area contributed by atoms with Gasteiger partial charge in [-0.25, -0.2) is 9.37 Å². The Kier molecular flexibility index (Phi) is 4.48. The Hall–Kier alpha value is -3.02. The van der Waals surface area contributed by atoms with E-state index in [2.05, 4.69) is 15.2 Å². The Morgan fingerprint density at radius 3 is 2.54 bits per heavy atom. The number of benzene rings is 2. The fourth-order valence-electron chi connectivity index (χ4n) is 3.49. The number of amides is 1. The van der Waals surface area contributed by atoms with Crippen molar-refractivity contribution >= 4 is 5.91 Å². The molecule has 0 bridgehead atoms. The van der Waals surface area contributed by atoms with Crippen LogP contribution in [0.5, 0.6) is 0 Å². The average molecular weight is 350 g/mol. The summed E-state index contributed by atoms with van der Waals surface area (Å²) in [5.41, 5.74) is 2.51. The molecule has 6 heteroatoms. The number of H-pyrrole nitrogens is 1. The third-order valence-electron chi connectivity index (χ3n) is 4.84. The Morgan fingerprint density at radius 2 is 1.85 bits per heavy atom. The maximum absolute atomic E-state index is 13.2. The van der Waals surface area contributed by atoms with Crippen LogP contribution in [0, 0.1) is 5.82 Å². The summed E-state index contributed by atoms with van der Waals surface area (Å²) in [5, 5.41) is 6.65. The summed E-state index contributed by atoms with van der Waals surface area (Å²) in [6, 6.07) is 13.8. The second-order valence-electron chi connectivity index (χ2n) is 6.47. The van der Waals surface area contributed by atoms with Gasteiger partial charge in [0, 0.05) is 17.7 Å². The molecule has 0 unspecified atom stereocenters. The molecule has 26 heavy (non-hydrogen) atoms. The second kappa shape index (κ2) is 7.07. The lowest BCUT2D eigenvalue weighted by Gasteiger charge is -2.36. The summed E-state index contributed by atoms with van der Waals surface area (Å²) in [6.45, 7) is 0.713. The minimum atomic E-state index is -0.259. The summed E-state index contributed by atoms with van der Waals surface area (Å²) in [5.74, 6) is 0.416. The first-order valence-electron chi connectivity index (χ1n) is 8.74. The van der Waals surface area contributed by atoms with Gasteiger partial charge in [-0.05, 0) is 49.1 Å². The number of likely N-dealkylation sites (tertiary alicyclic amines) is 1. The van der Waals surface area contributed by atoms with Gasteiger partial charge in [-0.3, -0.25) is 9.89 Å². The predicted molar refractivity (Wildman–Crippen MR) is 95.8 cm³/mol. The quantitative estimate of drug-likeness (QED) is 0.777. The lowest BCUT2D eigenvalue weighted by Crippen LogP contribution is -2.38. The van der Waals surface area contributed by atoms with Crippen LogP contribution in [0.25, 0.3) is 11.4 Å². The number of hydrogen-bond donors (Lipinski definition) is 1. The molecule has 3 aromatic rings. The second-order valence-corrected chi connectivity index (χ2v) is 6.47. The van der Waals surface area contributed by atoms with E-state index in [0.717, 1.165) is 30.4 Å². The van der Waals surface area contributed by atoms with Crippen molar-refractivity contribution in [2.45, 2.75) is 25.3 Å². The van der Waals surface area contributed by atoms with Crippen molar-refractivity contribution in [3.05, 3.63) is 71.8 Å². The lowest BCUT2D eigenvalue weighted by molar-refractivity contribution is 0.0611. The molecule has 1 amide bonds. The number of nitrogens with one attached hydrogen (secondary N) is 1. The van der Waals surface area contributed by atoms with Crippen molar-refractivity contribution in [2.24, 2.45) is 0 Å². The highest BCUT2D eigenvalue weighted by Gasteiger charge is 2.28. The van der Waals surface area contributed by atoms with Gasteiger partial charge in [0.2, 0.25) is 0 Å². The molecule has 1 aliphatic heterocycles. The van der Waals surface area contributed by atoms with Gasteiger partial charge in [0.05, 0.1) is 6.04 Å². The molecule has 1 atom stereocenters. The van der Waals surface area contributed by atoms with Crippen LogP contribution in [-0.2, 0) is 0 Å². The number of carbonyl (C=O) groups excluding carboxylic acids is 1. The fourth-order valence-corrected chi connectivity index (χ4v) is 3.49. The Bertz CT molecular complexity index is 875. The fraction of sp³-hybridized carbons (Fsp3) is 0.250. The zero-order valence-corrected chi connectivity index (χ0v) is 14.2. The van der Waals surface area contributed by atoms with Crippen molar-refractivity contribution in [1.82, 2.24) is 20.1 Å². The first-order valence-corrected chi connectivity index (χ1v) is 8.74. The zero-order valence-electron chi connectivity index (χ0n) is 14.2. The average Bonchev–Trinajstić information content (AvgIpc) is 3.23. The molecule has 2 aromatic carbocycles. The van der Waals surface area contributed by atoms with Crippen LogP contribution in [0.3, 0.4) is 0 Å². The number of halogens is 1. The van der Waals surface area contributed by atoms with Crippen LogP contribution in [0.4, 0.5) is 4.39 Å². The van der Waals surface area contributed by atoms with Crippen molar-refractivity contribution in [2.75, 3.05) is 6.54 Å². The van der Waals surface area contributed by atoms with Crippen molar-refractivity contribution in [1.29, 1.82) is 0 Å². The van der Waals surface area contributed by atoms with E-state index in [-0.39, 0.29) is 17.8 Å². The predicted octanol–water partition coefficient (Wildman–Crippen LogP) is 3.98. The van der Waals surface area contributed by atoms with Crippen LogP contribution in [0.1, 0.15) is 41.2 Å². The smallest absolute Gasteiger partial charge is 0.254 e. The number of nitrogens with zero attached hydrogens (tertiary/aromatic N) is 3. The molecule has 0 radical (unpaired) electrons. The van der Waals surface area contributed by atoms with Gasteiger partial charge in [-0.15, -0.1) is 0 Å². The molecule has 0 saturated carbocycles.